The number of carbonyl (C=O) groups excluding carboxylic acids is 1. The Labute approximate surface area is 170 Å². The smallest absolute Gasteiger partial charge is 0.340 e. The van der Waals surface area contributed by atoms with Gasteiger partial charge in [-0.2, -0.15) is 5.26 Å². The maximum Gasteiger partial charge on any atom is 0.340 e. The highest BCUT2D eigenvalue weighted by Crippen LogP contribution is 2.38. The molecule has 0 bridgehead atoms. The van der Waals surface area contributed by atoms with E-state index < -0.39 is 12.1 Å². The van der Waals surface area contributed by atoms with Gasteiger partial charge in [-0.25, -0.2) is 9.78 Å². The van der Waals surface area contributed by atoms with Crippen LogP contribution in [0.3, 0.4) is 0 Å². The molecule has 0 N–H and O–H groups in total. The third-order valence-electron chi connectivity index (χ3n) is 5.23. The molecule has 2 aromatic carbocycles. The molecule has 0 amide bonds. The normalized spacial score (nSPS) is 18.1. The number of esters is 1. The van der Waals surface area contributed by atoms with Gasteiger partial charge in [-0.15, -0.1) is 0 Å². The summed E-state index contributed by atoms with van der Waals surface area (Å²) in [6, 6.07) is 19.8. The lowest BCUT2D eigenvalue weighted by Gasteiger charge is -2.26. The van der Waals surface area contributed by atoms with Gasteiger partial charge in [0.2, 0.25) is 0 Å². The second kappa shape index (κ2) is 7.89. The van der Waals surface area contributed by atoms with Crippen LogP contribution >= 0.6 is 0 Å². The van der Waals surface area contributed by atoms with E-state index in [0.29, 0.717) is 11.5 Å². The number of nitriles is 1. The predicted molar refractivity (Wildman–Crippen MR) is 114 cm³/mol. The van der Waals surface area contributed by atoms with Crippen LogP contribution < -0.4 is 0 Å². The standard InChI is InChI=1S/C25H22N2O2/c1-16-12-19(14-18-8-4-3-5-9-18)24-21(13-16)23(25(28)29-17(2)15-26)20-10-6-7-11-22(20)27-24/h3-11,14,16-17H,12-13H2,1-2H3/b19-14-. The van der Waals surface area contributed by atoms with E-state index >= 15 is 0 Å². The molecule has 1 aromatic heterocycles. The summed E-state index contributed by atoms with van der Waals surface area (Å²) in [5.74, 6) is -0.0811. The maximum absolute atomic E-state index is 13.1. The molecule has 4 rings (SSSR count). The maximum atomic E-state index is 13.1. The van der Waals surface area contributed by atoms with Crippen molar-refractivity contribution >= 4 is 28.5 Å². The zero-order chi connectivity index (χ0) is 20.4. The van der Waals surface area contributed by atoms with Gasteiger partial charge < -0.3 is 4.74 Å². The Morgan fingerprint density at radius 3 is 2.66 bits per heavy atom. The average molecular weight is 382 g/mol. The van der Waals surface area contributed by atoms with Gasteiger partial charge in [0.15, 0.2) is 6.10 Å². The van der Waals surface area contributed by atoms with Gasteiger partial charge in [-0.05, 0) is 54.5 Å². The summed E-state index contributed by atoms with van der Waals surface area (Å²) in [7, 11) is 0. The predicted octanol–water partition coefficient (Wildman–Crippen LogP) is 5.43. The topological polar surface area (TPSA) is 63.0 Å². The van der Waals surface area contributed by atoms with E-state index in [0.717, 1.165) is 46.1 Å². The van der Waals surface area contributed by atoms with Crippen molar-refractivity contribution in [2.75, 3.05) is 0 Å². The minimum atomic E-state index is -0.801. The molecule has 0 spiro atoms. The lowest BCUT2D eigenvalue weighted by atomic mass is 9.80. The van der Waals surface area contributed by atoms with Crippen LogP contribution in [0.2, 0.25) is 0 Å². The minimum Gasteiger partial charge on any atom is -0.444 e. The van der Waals surface area contributed by atoms with E-state index in [4.69, 9.17) is 15.0 Å². The molecule has 1 aliphatic carbocycles. The third-order valence-corrected chi connectivity index (χ3v) is 5.23. The Morgan fingerprint density at radius 2 is 1.90 bits per heavy atom. The molecule has 4 heteroatoms. The fourth-order valence-electron chi connectivity index (χ4n) is 3.97. The van der Waals surface area contributed by atoms with Gasteiger partial charge in [-0.1, -0.05) is 55.5 Å². The number of rotatable bonds is 3. The van der Waals surface area contributed by atoms with Crippen molar-refractivity contribution in [3.05, 3.63) is 77.0 Å². The number of hydrogen-bond acceptors (Lipinski definition) is 4. The summed E-state index contributed by atoms with van der Waals surface area (Å²) in [4.78, 5) is 18.0. The molecule has 2 atom stereocenters. The Kier molecular flexibility index (Phi) is 5.14. The number of aromatic nitrogens is 1. The molecule has 3 aromatic rings. The third kappa shape index (κ3) is 3.77. The fraction of sp³-hybridized carbons (Fsp3) is 0.240. The number of nitrogens with zero attached hydrogens (tertiary/aromatic N) is 2. The first-order valence-corrected chi connectivity index (χ1v) is 9.85. The number of ether oxygens (including phenoxy) is 1. The number of benzene rings is 2. The van der Waals surface area contributed by atoms with Gasteiger partial charge in [0.1, 0.15) is 6.07 Å². The Morgan fingerprint density at radius 1 is 1.17 bits per heavy atom. The van der Waals surface area contributed by atoms with Crippen molar-refractivity contribution in [3.8, 4) is 6.07 Å². The van der Waals surface area contributed by atoms with E-state index in [1.165, 1.54) is 0 Å². The molecular weight excluding hydrogens is 360 g/mol. The van der Waals surface area contributed by atoms with E-state index in [1.807, 2.05) is 48.5 Å². The first-order valence-electron chi connectivity index (χ1n) is 9.85. The van der Waals surface area contributed by atoms with Crippen LogP contribution in [0.1, 0.15) is 47.4 Å². The lowest BCUT2D eigenvalue weighted by molar-refractivity contribution is 0.0436. The van der Waals surface area contributed by atoms with Crippen LogP contribution in [0.15, 0.2) is 54.6 Å². The minimum absolute atomic E-state index is 0.375. The number of pyridine rings is 1. The first-order chi connectivity index (χ1) is 14.1. The second-order valence-electron chi connectivity index (χ2n) is 7.60. The van der Waals surface area contributed by atoms with Crippen molar-refractivity contribution in [2.24, 2.45) is 5.92 Å². The van der Waals surface area contributed by atoms with Crippen molar-refractivity contribution in [1.29, 1.82) is 5.26 Å². The summed E-state index contributed by atoms with van der Waals surface area (Å²) in [5, 5.41) is 9.85. The number of hydrogen-bond donors (Lipinski definition) is 0. The SMILES string of the molecule is CC1C/C(=C/c2ccccc2)c2nc3ccccc3c(C(=O)OC(C)C#N)c2C1. The highest BCUT2D eigenvalue weighted by atomic mass is 16.5. The summed E-state index contributed by atoms with van der Waals surface area (Å²) in [5.41, 5.74) is 5.31. The summed E-state index contributed by atoms with van der Waals surface area (Å²) >= 11 is 0. The van der Waals surface area contributed by atoms with E-state index in [-0.39, 0.29) is 0 Å². The molecule has 4 nitrogen and oxygen atoms in total. The van der Waals surface area contributed by atoms with E-state index in [2.05, 4.69) is 25.1 Å². The average Bonchev–Trinajstić information content (AvgIpc) is 2.72. The monoisotopic (exact) mass is 382 g/mol. The van der Waals surface area contributed by atoms with E-state index in [9.17, 15) is 4.79 Å². The molecule has 0 saturated carbocycles. The Balaban J connectivity index is 1.94. The fourth-order valence-corrected chi connectivity index (χ4v) is 3.97. The molecule has 1 aliphatic rings. The lowest BCUT2D eigenvalue weighted by Crippen LogP contribution is -2.21. The molecule has 0 aliphatic heterocycles. The summed E-state index contributed by atoms with van der Waals surface area (Å²) in [6.07, 6.45) is 3.01. The van der Waals surface area contributed by atoms with Crippen LogP contribution in [0.25, 0.3) is 22.6 Å². The van der Waals surface area contributed by atoms with Crippen molar-refractivity contribution < 1.29 is 9.53 Å². The largest absolute Gasteiger partial charge is 0.444 e. The number of carbonyl (C=O) groups is 1. The van der Waals surface area contributed by atoms with Crippen molar-refractivity contribution in [2.45, 2.75) is 32.8 Å². The van der Waals surface area contributed by atoms with Crippen LogP contribution in [0, 0.1) is 17.2 Å². The molecule has 0 fully saturated rings. The van der Waals surface area contributed by atoms with Crippen molar-refractivity contribution in [3.63, 3.8) is 0 Å². The summed E-state index contributed by atoms with van der Waals surface area (Å²) in [6.45, 7) is 3.76. The van der Waals surface area contributed by atoms with Crippen LogP contribution in [-0.2, 0) is 11.2 Å². The van der Waals surface area contributed by atoms with Gasteiger partial charge in [-0.3, -0.25) is 0 Å². The highest BCUT2D eigenvalue weighted by molar-refractivity contribution is 6.06. The first kappa shape index (κ1) is 18.9. The zero-order valence-corrected chi connectivity index (χ0v) is 16.6. The van der Waals surface area contributed by atoms with Crippen LogP contribution in [0.4, 0.5) is 0 Å². The highest BCUT2D eigenvalue weighted by Gasteiger charge is 2.29. The Hall–Kier alpha value is -3.45. The number of fused-ring (bicyclic) bond motifs is 2. The van der Waals surface area contributed by atoms with Crippen molar-refractivity contribution in [1.82, 2.24) is 4.98 Å². The molecule has 0 radical (unpaired) electrons. The van der Waals surface area contributed by atoms with E-state index in [1.54, 1.807) is 6.92 Å². The molecule has 0 saturated heterocycles. The number of para-hydroxylation sites is 1. The molecular formula is C25H22N2O2. The number of allylic oxidation sites excluding steroid dienone is 1. The zero-order valence-electron chi connectivity index (χ0n) is 16.6. The summed E-state index contributed by atoms with van der Waals surface area (Å²) < 4.78 is 5.40. The molecule has 144 valence electrons. The van der Waals surface area contributed by atoms with Crippen LogP contribution in [-0.4, -0.2) is 17.1 Å². The molecule has 1 heterocycles. The molecule has 2 unspecified atom stereocenters. The second-order valence-corrected chi connectivity index (χ2v) is 7.60. The Bertz CT molecular complexity index is 1140. The van der Waals surface area contributed by atoms with Gasteiger partial charge in [0, 0.05) is 5.39 Å². The van der Waals surface area contributed by atoms with Gasteiger partial charge in [0.05, 0.1) is 16.8 Å². The van der Waals surface area contributed by atoms with Gasteiger partial charge in [0.25, 0.3) is 0 Å². The molecule has 29 heavy (non-hydrogen) atoms. The van der Waals surface area contributed by atoms with Crippen LogP contribution in [0.5, 0.6) is 0 Å². The quantitative estimate of drug-likeness (QED) is 0.567. The van der Waals surface area contributed by atoms with Gasteiger partial charge >= 0.3 is 5.97 Å².